The number of esters is 1. The van der Waals surface area contributed by atoms with Gasteiger partial charge in [-0.2, -0.15) is 0 Å². The van der Waals surface area contributed by atoms with Crippen molar-refractivity contribution in [1.82, 2.24) is 10.2 Å². The first-order valence-electron chi connectivity index (χ1n) is 9.16. The smallest absolute Gasteiger partial charge is 0.328 e. The first-order valence-corrected chi connectivity index (χ1v) is 9.16. The highest BCUT2D eigenvalue weighted by molar-refractivity contribution is 6.07. The number of hydrogen-bond donors (Lipinski definition) is 1. The fourth-order valence-corrected chi connectivity index (χ4v) is 3.49. The molecule has 0 radical (unpaired) electrons. The summed E-state index contributed by atoms with van der Waals surface area (Å²) >= 11 is 0. The molecule has 2 amide bonds. The van der Waals surface area contributed by atoms with Gasteiger partial charge in [-0.15, -0.1) is 0 Å². The quantitative estimate of drug-likeness (QED) is 0.841. The molecule has 3 rings (SSSR count). The summed E-state index contributed by atoms with van der Waals surface area (Å²) in [5, 5.41) is 4.66. The first-order chi connectivity index (χ1) is 13.0. The van der Waals surface area contributed by atoms with Crippen molar-refractivity contribution in [3.05, 3.63) is 48.0 Å². The molecule has 0 aromatic heterocycles. The number of methoxy groups -OCH3 is 1. The van der Waals surface area contributed by atoms with Crippen molar-refractivity contribution >= 4 is 28.6 Å². The van der Waals surface area contributed by atoms with Crippen molar-refractivity contribution in [2.45, 2.75) is 25.8 Å². The van der Waals surface area contributed by atoms with Crippen LogP contribution in [0.1, 0.15) is 30.1 Å². The van der Waals surface area contributed by atoms with Crippen LogP contribution in [0, 0.1) is 5.92 Å². The number of rotatable bonds is 4. The van der Waals surface area contributed by atoms with Crippen molar-refractivity contribution in [2.24, 2.45) is 5.92 Å². The molecule has 0 aliphatic carbocycles. The molecule has 6 heteroatoms. The lowest BCUT2D eigenvalue weighted by molar-refractivity contribution is -0.145. The lowest BCUT2D eigenvalue weighted by atomic mass is 9.94. The third-order valence-electron chi connectivity index (χ3n) is 5.09. The Balaban J connectivity index is 1.62. The Labute approximate surface area is 158 Å². The van der Waals surface area contributed by atoms with Gasteiger partial charge in [-0.3, -0.25) is 9.59 Å². The minimum Gasteiger partial charge on any atom is -0.467 e. The van der Waals surface area contributed by atoms with Gasteiger partial charge in [0.15, 0.2) is 0 Å². The maximum Gasteiger partial charge on any atom is 0.328 e. The van der Waals surface area contributed by atoms with E-state index < -0.39 is 12.0 Å². The number of benzene rings is 2. The van der Waals surface area contributed by atoms with Gasteiger partial charge >= 0.3 is 5.97 Å². The number of nitrogens with zero attached hydrogens (tertiary/aromatic N) is 1. The van der Waals surface area contributed by atoms with Crippen LogP contribution in [0.3, 0.4) is 0 Å². The zero-order valence-electron chi connectivity index (χ0n) is 15.6. The molecule has 1 fully saturated rings. The Morgan fingerprint density at radius 1 is 1.07 bits per heavy atom. The summed E-state index contributed by atoms with van der Waals surface area (Å²) in [7, 11) is 1.29. The monoisotopic (exact) mass is 368 g/mol. The van der Waals surface area contributed by atoms with Gasteiger partial charge in [0.2, 0.25) is 5.91 Å². The number of likely N-dealkylation sites (tertiary alicyclic amines) is 1. The Bertz CT molecular complexity index is 851. The van der Waals surface area contributed by atoms with Gasteiger partial charge in [0.05, 0.1) is 7.11 Å². The number of piperidine rings is 1. The van der Waals surface area contributed by atoms with Crippen molar-refractivity contribution in [3.63, 3.8) is 0 Å². The van der Waals surface area contributed by atoms with Crippen LogP contribution in [0.4, 0.5) is 0 Å². The number of ether oxygens (including phenoxy) is 1. The van der Waals surface area contributed by atoms with Crippen LogP contribution in [0.25, 0.3) is 10.8 Å². The second-order valence-electron chi connectivity index (χ2n) is 6.85. The summed E-state index contributed by atoms with van der Waals surface area (Å²) in [4.78, 5) is 38.5. The number of amides is 2. The Morgan fingerprint density at radius 2 is 1.74 bits per heavy atom. The van der Waals surface area contributed by atoms with E-state index >= 15 is 0 Å². The van der Waals surface area contributed by atoms with Gasteiger partial charge in [0.25, 0.3) is 5.91 Å². The molecule has 2 aromatic rings. The molecule has 0 unspecified atom stereocenters. The molecule has 1 atom stereocenters. The molecule has 1 heterocycles. The third-order valence-corrected chi connectivity index (χ3v) is 5.09. The first kappa shape index (κ1) is 18.9. The molecular weight excluding hydrogens is 344 g/mol. The molecule has 0 bridgehead atoms. The fraction of sp³-hybridized carbons (Fsp3) is 0.381. The fourth-order valence-electron chi connectivity index (χ4n) is 3.49. The molecular formula is C21H24N2O4. The molecule has 27 heavy (non-hydrogen) atoms. The van der Waals surface area contributed by atoms with E-state index in [1.165, 1.54) is 7.11 Å². The summed E-state index contributed by atoms with van der Waals surface area (Å²) in [6.45, 7) is 2.64. The molecule has 2 aromatic carbocycles. The topological polar surface area (TPSA) is 75.7 Å². The Kier molecular flexibility index (Phi) is 5.74. The summed E-state index contributed by atoms with van der Waals surface area (Å²) in [6.07, 6.45) is 1.16. The summed E-state index contributed by atoms with van der Waals surface area (Å²) < 4.78 is 4.63. The molecule has 1 N–H and O–H groups in total. The second kappa shape index (κ2) is 8.20. The van der Waals surface area contributed by atoms with E-state index in [-0.39, 0.29) is 17.7 Å². The Morgan fingerprint density at radius 3 is 2.44 bits per heavy atom. The van der Waals surface area contributed by atoms with Gasteiger partial charge in [0.1, 0.15) is 6.04 Å². The highest BCUT2D eigenvalue weighted by Crippen LogP contribution is 2.23. The number of carbonyl (C=O) groups is 3. The van der Waals surface area contributed by atoms with Crippen molar-refractivity contribution in [3.8, 4) is 0 Å². The molecule has 0 saturated carbocycles. The van der Waals surface area contributed by atoms with E-state index in [0.29, 0.717) is 31.5 Å². The van der Waals surface area contributed by atoms with Gasteiger partial charge in [-0.25, -0.2) is 4.79 Å². The number of nitrogens with one attached hydrogen (secondary N) is 1. The molecule has 6 nitrogen and oxygen atoms in total. The summed E-state index contributed by atoms with van der Waals surface area (Å²) in [6, 6.07) is 12.9. The van der Waals surface area contributed by atoms with Crippen LogP contribution in [-0.2, 0) is 14.3 Å². The van der Waals surface area contributed by atoms with E-state index in [9.17, 15) is 14.4 Å². The highest BCUT2D eigenvalue weighted by Gasteiger charge is 2.29. The summed E-state index contributed by atoms with van der Waals surface area (Å²) in [5.74, 6) is -0.834. The van der Waals surface area contributed by atoms with Crippen LogP contribution in [-0.4, -0.2) is 48.9 Å². The average Bonchev–Trinajstić information content (AvgIpc) is 2.72. The van der Waals surface area contributed by atoms with Crippen LogP contribution in [0.2, 0.25) is 0 Å². The average molecular weight is 368 g/mol. The van der Waals surface area contributed by atoms with Crippen molar-refractivity contribution in [2.75, 3.05) is 20.2 Å². The predicted molar refractivity (Wildman–Crippen MR) is 102 cm³/mol. The number of hydrogen-bond acceptors (Lipinski definition) is 4. The minimum absolute atomic E-state index is 0.00594. The standard InChI is InChI=1S/C21H24N2O4/c1-14(21(26)27-2)22-19(24)16-10-12-23(13-11-16)20(25)18-9-5-7-15-6-3-4-8-17(15)18/h3-9,14,16H,10-13H2,1-2H3,(H,22,24)/t14-/m0/s1. The minimum atomic E-state index is -0.669. The van der Waals surface area contributed by atoms with E-state index in [0.717, 1.165) is 10.8 Å². The maximum absolute atomic E-state index is 13.0. The van der Waals surface area contributed by atoms with Crippen molar-refractivity contribution in [1.29, 1.82) is 0 Å². The third kappa shape index (κ3) is 4.10. The molecule has 142 valence electrons. The zero-order chi connectivity index (χ0) is 19.4. The SMILES string of the molecule is COC(=O)[C@H](C)NC(=O)C1CCN(C(=O)c2cccc3ccccc23)CC1. The van der Waals surface area contributed by atoms with Gasteiger partial charge in [-0.1, -0.05) is 36.4 Å². The highest BCUT2D eigenvalue weighted by atomic mass is 16.5. The van der Waals surface area contributed by atoms with E-state index in [1.807, 2.05) is 42.5 Å². The van der Waals surface area contributed by atoms with Crippen LogP contribution >= 0.6 is 0 Å². The van der Waals surface area contributed by atoms with Crippen LogP contribution in [0.15, 0.2) is 42.5 Å². The van der Waals surface area contributed by atoms with Gasteiger partial charge < -0.3 is 15.0 Å². The second-order valence-corrected chi connectivity index (χ2v) is 6.85. The largest absolute Gasteiger partial charge is 0.467 e. The molecule has 1 saturated heterocycles. The lowest BCUT2D eigenvalue weighted by Crippen LogP contribution is -2.46. The van der Waals surface area contributed by atoms with Gasteiger partial charge in [0, 0.05) is 24.6 Å². The number of carbonyl (C=O) groups excluding carboxylic acids is 3. The van der Waals surface area contributed by atoms with E-state index in [1.54, 1.807) is 11.8 Å². The van der Waals surface area contributed by atoms with E-state index in [4.69, 9.17) is 0 Å². The molecule has 0 spiro atoms. The Hall–Kier alpha value is -2.89. The maximum atomic E-state index is 13.0. The molecule has 1 aliphatic heterocycles. The normalized spacial score (nSPS) is 16.0. The number of fused-ring (bicyclic) bond motifs is 1. The van der Waals surface area contributed by atoms with Crippen LogP contribution in [0.5, 0.6) is 0 Å². The predicted octanol–water partition coefficient (Wildman–Crippen LogP) is 2.37. The van der Waals surface area contributed by atoms with E-state index in [2.05, 4.69) is 10.1 Å². The lowest BCUT2D eigenvalue weighted by Gasteiger charge is -2.32. The molecule has 1 aliphatic rings. The van der Waals surface area contributed by atoms with Crippen LogP contribution < -0.4 is 5.32 Å². The van der Waals surface area contributed by atoms with Crippen molar-refractivity contribution < 1.29 is 19.1 Å². The van der Waals surface area contributed by atoms with Gasteiger partial charge in [-0.05, 0) is 36.6 Å². The summed E-state index contributed by atoms with van der Waals surface area (Å²) in [5.41, 5.74) is 0.690. The zero-order valence-corrected chi connectivity index (χ0v) is 15.6.